The molecule has 1 heterocycles. The minimum Gasteiger partial charge on any atom is -0.325 e. The third-order valence-corrected chi connectivity index (χ3v) is 6.93. The van der Waals surface area contributed by atoms with Crippen LogP contribution in [-0.2, 0) is 4.79 Å². The van der Waals surface area contributed by atoms with Crippen molar-refractivity contribution in [2.75, 3.05) is 11.1 Å². The van der Waals surface area contributed by atoms with E-state index in [0.717, 1.165) is 46.5 Å². The molecule has 1 aliphatic carbocycles. The van der Waals surface area contributed by atoms with Crippen molar-refractivity contribution >= 4 is 61.6 Å². The van der Waals surface area contributed by atoms with E-state index >= 15 is 0 Å². The van der Waals surface area contributed by atoms with Crippen LogP contribution in [0.3, 0.4) is 0 Å². The van der Waals surface area contributed by atoms with Crippen molar-refractivity contribution in [3.8, 4) is 0 Å². The van der Waals surface area contributed by atoms with Gasteiger partial charge in [0.15, 0.2) is 5.66 Å². The number of nitrogens with one attached hydrogen (secondary N) is 1. The van der Waals surface area contributed by atoms with Gasteiger partial charge >= 0.3 is 0 Å². The first-order chi connectivity index (χ1) is 14.4. The van der Waals surface area contributed by atoms with Crippen molar-refractivity contribution in [1.29, 1.82) is 0 Å². The lowest BCUT2D eigenvalue weighted by Crippen LogP contribution is -2.25. The number of amides is 1. The summed E-state index contributed by atoms with van der Waals surface area (Å²) in [6.45, 7) is 0. The number of aliphatic imine (C=N–C) groups is 2. The molecule has 0 radical (unpaired) electrons. The lowest BCUT2D eigenvalue weighted by atomic mass is 9.90. The number of rotatable bonds is 4. The highest BCUT2D eigenvalue weighted by molar-refractivity contribution is 9.10. The summed E-state index contributed by atoms with van der Waals surface area (Å²) in [6.07, 6.45) is 5.33. The van der Waals surface area contributed by atoms with Crippen molar-refractivity contribution in [2.24, 2.45) is 9.98 Å². The first-order valence-corrected chi connectivity index (χ1v) is 11.9. The smallest absolute Gasteiger partial charge is 0.234 e. The van der Waals surface area contributed by atoms with E-state index in [1.54, 1.807) is 0 Å². The van der Waals surface area contributed by atoms with Crippen LogP contribution >= 0.6 is 39.3 Å². The molecule has 1 fully saturated rings. The predicted octanol–water partition coefficient (Wildman–Crippen LogP) is 6.48. The Morgan fingerprint density at radius 2 is 1.87 bits per heavy atom. The highest BCUT2D eigenvalue weighted by atomic mass is 79.9. The van der Waals surface area contributed by atoms with E-state index in [1.165, 1.54) is 36.4 Å². The molecule has 2 aliphatic rings. The SMILES string of the molecule is O=C(CSC1=NC2(CCCCC2)N=C1c1ccc(Br)cc1)Nc1ccc(F)c(Cl)c1. The molecule has 1 amide bonds. The van der Waals surface area contributed by atoms with Gasteiger partial charge in [0.05, 0.1) is 16.5 Å². The molecule has 1 spiro atoms. The van der Waals surface area contributed by atoms with Crippen LogP contribution in [0.25, 0.3) is 0 Å². The van der Waals surface area contributed by atoms with Gasteiger partial charge in [-0.2, -0.15) is 0 Å². The molecular weight excluding hydrogens is 489 g/mol. The molecule has 4 nitrogen and oxygen atoms in total. The number of nitrogens with zero attached hydrogens (tertiary/aromatic N) is 2. The van der Waals surface area contributed by atoms with Crippen LogP contribution < -0.4 is 5.32 Å². The molecule has 30 heavy (non-hydrogen) atoms. The Hall–Kier alpha value is -1.70. The van der Waals surface area contributed by atoms with Crippen molar-refractivity contribution < 1.29 is 9.18 Å². The molecule has 2 aromatic rings. The van der Waals surface area contributed by atoms with Gasteiger partial charge in [0, 0.05) is 15.7 Å². The number of carbonyl (C=O) groups excluding carboxylic acids is 1. The zero-order valence-electron chi connectivity index (χ0n) is 16.1. The van der Waals surface area contributed by atoms with Gasteiger partial charge in [0.1, 0.15) is 10.9 Å². The number of halogens is 3. The summed E-state index contributed by atoms with van der Waals surface area (Å²) in [6, 6.07) is 12.1. The topological polar surface area (TPSA) is 53.8 Å². The molecule has 4 rings (SSSR count). The summed E-state index contributed by atoms with van der Waals surface area (Å²) in [7, 11) is 0. The Labute approximate surface area is 192 Å². The molecule has 0 atom stereocenters. The van der Waals surface area contributed by atoms with E-state index in [4.69, 9.17) is 21.6 Å². The van der Waals surface area contributed by atoms with Gasteiger partial charge in [-0.15, -0.1) is 0 Å². The Bertz CT molecular complexity index is 1020. The highest BCUT2D eigenvalue weighted by Crippen LogP contribution is 2.38. The maximum atomic E-state index is 13.3. The average Bonchev–Trinajstić information content (AvgIpc) is 3.08. The molecule has 1 aliphatic heterocycles. The fraction of sp³-hybridized carbons (Fsp3) is 0.318. The van der Waals surface area contributed by atoms with E-state index < -0.39 is 5.82 Å². The Morgan fingerprint density at radius 3 is 2.57 bits per heavy atom. The summed E-state index contributed by atoms with van der Waals surface area (Å²) in [5.74, 6) is -0.540. The largest absolute Gasteiger partial charge is 0.325 e. The van der Waals surface area contributed by atoms with Crippen LogP contribution in [0.1, 0.15) is 37.7 Å². The van der Waals surface area contributed by atoms with Gasteiger partial charge in [0.2, 0.25) is 5.91 Å². The quantitative estimate of drug-likeness (QED) is 0.514. The van der Waals surface area contributed by atoms with Crippen molar-refractivity contribution in [1.82, 2.24) is 0 Å². The van der Waals surface area contributed by atoms with Crippen molar-refractivity contribution in [2.45, 2.75) is 37.8 Å². The Kier molecular flexibility index (Phi) is 6.60. The number of anilines is 1. The molecule has 1 N–H and O–H groups in total. The molecule has 2 aromatic carbocycles. The summed E-state index contributed by atoms with van der Waals surface area (Å²) >= 11 is 10.6. The second-order valence-electron chi connectivity index (χ2n) is 7.39. The van der Waals surface area contributed by atoms with Crippen LogP contribution in [0.15, 0.2) is 56.9 Å². The maximum Gasteiger partial charge on any atom is 0.234 e. The van der Waals surface area contributed by atoms with E-state index in [9.17, 15) is 9.18 Å². The highest BCUT2D eigenvalue weighted by Gasteiger charge is 2.37. The average molecular weight is 509 g/mol. The molecule has 0 unspecified atom stereocenters. The van der Waals surface area contributed by atoms with Crippen LogP contribution in [0.5, 0.6) is 0 Å². The third kappa shape index (κ3) is 4.95. The first kappa shape index (κ1) is 21.5. The van der Waals surface area contributed by atoms with Gasteiger partial charge in [-0.25, -0.2) is 9.38 Å². The number of thioether (sulfide) groups is 1. The van der Waals surface area contributed by atoms with E-state index in [0.29, 0.717) is 5.69 Å². The van der Waals surface area contributed by atoms with Crippen molar-refractivity contribution in [3.05, 3.63) is 63.3 Å². The van der Waals surface area contributed by atoms with Crippen LogP contribution in [-0.4, -0.2) is 28.1 Å². The predicted molar refractivity (Wildman–Crippen MR) is 126 cm³/mol. The number of benzene rings is 2. The number of hydrogen-bond acceptors (Lipinski definition) is 4. The molecule has 1 saturated carbocycles. The number of hydrogen-bond donors (Lipinski definition) is 1. The second-order valence-corrected chi connectivity index (χ2v) is 9.68. The summed E-state index contributed by atoms with van der Waals surface area (Å²) in [5.41, 5.74) is 1.93. The first-order valence-electron chi connectivity index (χ1n) is 9.78. The zero-order chi connectivity index (χ0) is 21.1. The summed E-state index contributed by atoms with van der Waals surface area (Å²) in [5, 5.41) is 3.53. The summed E-state index contributed by atoms with van der Waals surface area (Å²) in [4.78, 5) is 22.5. The minimum atomic E-state index is -0.516. The molecule has 0 aromatic heterocycles. The monoisotopic (exact) mass is 507 g/mol. The molecule has 156 valence electrons. The molecule has 0 bridgehead atoms. The van der Waals surface area contributed by atoms with Gasteiger partial charge in [-0.1, -0.05) is 57.8 Å². The maximum absolute atomic E-state index is 13.3. The lowest BCUT2D eigenvalue weighted by Gasteiger charge is -2.27. The fourth-order valence-corrected chi connectivity index (χ4v) is 4.99. The minimum absolute atomic E-state index is 0.0236. The van der Waals surface area contributed by atoms with E-state index in [1.807, 2.05) is 24.3 Å². The van der Waals surface area contributed by atoms with Crippen LogP contribution in [0.4, 0.5) is 10.1 Å². The van der Waals surface area contributed by atoms with Gasteiger partial charge in [-0.05, 0) is 56.0 Å². The molecule has 0 saturated heterocycles. The lowest BCUT2D eigenvalue weighted by molar-refractivity contribution is -0.113. The summed E-state index contributed by atoms with van der Waals surface area (Å²) < 4.78 is 14.3. The second kappa shape index (κ2) is 9.20. The van der Waals surface area contributed by atoms with Crippen LogP contribution in [0.2, 0.25) is 5.02 Å². The van der Waals surface area contributed by atoms with Gasteiger partial charge in [-0.3, -0.25) is 9.79 Å². The standard InChI is InChI=1S/C22H20BrClFN3OS/c23-15-6-4-14(5-7-15)20-21(28-22(27-20)10-2-1-3-11-22)30-13-19(29)26-16-8-9-18(25)17(24)12-16/h4-9,12H,1-3,10-11,13H2,(H,26,29). The zero-order valence-corrected chi connectivity index (χ0v) is 19.3. The fourth-order valence-electron chi connectivity index (χ4n) is 3.67. The van der Waals surface area contributed by atoms with Crippen molar-refractivity contribution in [3.63, 3.8) is 0 Å². The van der Waals surface area contributed by atoms with Crippen LogP contribution in [0, 0.1) is 5.82 Å². The molecular formula is C22H20BrClFN3OS. The Morgan fingerprint density at radius 1 is 1.13 bits per heavy atom. The Balaban J connectivity index is 1.49. The van der Waals surface area contributed by atoms with Gasteiger partial charge in [0.25, 0.3) is 0 Å². The van der Waals surface area contributed by atoms with E-state index in [-0.39, 0.29) is 22.3 Å². The van der Waals surface area contributed by atoms with Gasteiger partial charge < -0.3 is 5.32 Å². The third-order valence-electron chi connectivity index (χ3n) is 5.15. The number of carbonyl (C=O) groups is 1. The molecule has 8 heteroatoms. The van der Waals surface area contributed by atoms with E-state index in [2.05, 4.69) is 21.2 Å². The normalized spacial score (nSPS) is 17.6.